The van der Waals surface area contributed by atoms with Crippen LogP contribution in [0, 0.1) is 14.1 Å². The van der Waals surface area contributed by atoms with Crippen molar-refractivity contribution in [2.45, 2.75) is 168 Å². The molecule has 8 heteroatoms. The lowest BCUT2D eigenvalue weighted by Gasteiger charge is -2.10. The van der Waals surface area contributed by atoms with Crippen molar-refractivity contribution in [2.75, 3.05) is 0 Å². The monoisotopic (exact) mass is 780 g/mol. The molecule has 2 aromatic rings. The minimum absolute atomic E-state index is 0.0976. The van der Waals surface area contributed by atoms with Crippen molar-refractivity contribution in [3.8, 4) is 0 Å². The summed E-state index contributed by atoms with van der Waals surface area (Å²) in [6.45, 7) is 6.82. The molecule has 0 spiro atoms. The number of halogens is 4. The average Bonchev–Trinajstić information content (AvgIpc) is 3.00. The molecule has 0 N–H and O–H groups in total. The van der Waals surface area contributed by atoms with Gasteiger partial charge in [-0.1, -0.05) is 159 Å². The van der Waals surface area contributed by atoms with Crippen molar-refractivity contribution in [1.82, 2.24) is 0 Å². The summed E-state index contributed by atoms with van der Waals surface area (Å²) in [6.07, 6.45) is 31.0. The van der Waals surface area contributed by atoms with E-state index in [0.29, 0.717) is 0 Å². The van der Waals surface area contributed by atoms with Gasteiger partial charge in [0, 0.05) is 5.56 Å². The van der Waals surface area contributed by atoms with Gasteiger partial charge >= 0.3 is 26.7 Å². The second kappa shape index (κ2) is 25.8. The number of benzene rings is 2. The fourth-order valence-corrected chi connectivity index (χ4v) is 8.23. The normalized spacial score (nSPS) is 11.8. The van der Waals surface area contributed by atoms with Crippen molar-refractivity contribution in [3.63, 3.8) is 0 Å². The molecule has 0 saturated carbocycles. The van der Waals surface area contributed by atoms with Crippen molar-refractivity contribution >= 4 is 10.1 Å². The lowest BCUT2D eigenvalue weighted by Crippen LogP contribution is -3.61. The highest BCUT2D eigenvalue weighted by Crippen LogP contribution is 2.21. The molecule has 0 heterocycles. The molecule has 0 aliphatic rings. The SMILES string of the molecule is CCCCCCCCCCCCc1cccc([I+]c2ccc(C)cc2)c1CCCCCCCCCCCC.O=S(=O)([O-])C(F)(F)F. The van der Waals surface area contributed by atoms with E-state index in [4.69, 9.17) is 13.0 Å². The Labute approximate surface area is 289 Å². The largest absolute Gasteiger partial charge is 0.741 e. The molecule has 46 heavy (non-hydrogen) atoms. The molecule has 0 aliphatic heterocycles. The highest BCUT2D eigenvalue weighted by Gasteiger charge is 2.37. The predicted molar refractivity (Wildman–Crippen MR) is 182 cm³/mol. The van der Waals surface area contributed by atoms with Gasteiger partial charge in [-0.2, -0.15) is 13.2 Å². The predicted octanol–water partition coefficient (Wildman–Crippen LogP) is 9.10. The Bertz CT molecular complexity index is 1130. The van der Waals surface area contributed by atoms with E-state index in [0.717, 1.165) is 0 Å². The summed E-state index contributed by atoms with van der Waals surface area (Å²) < 4.78 is 62.2. The molecule has 0 unspecified atom stereocenters. The lowest BCUT2D eigenvalue weighted by atomic mass is 9.96. The van der Waals surface area contributed by atoms with E-state index in [1.165, 1.54) is 147 Å². The first-order valence-electron chi connectivity index (χ1n) is 17.8. The Morgan fingerprint density at radius 3 is 1.41 bits per heavy atom. The number of hydrogen-bond acceptors (Lipinski definition) is 3. The first kappa shape index (κ1) is 42.9. The summed E-state index contributed by atoms with van der Waals surface area (Å²) in [4.78, 5) is 0. The van der Waals surface area contributed by atoms with Crippen molar-refractivity contribution in [2.24, 2.45) is 0 Å². The van der Waals surface area contributed by atoms with Crippen molar-refractivity contribution in [1.29, 1.82) is 0 Å². The van der Waals surface area contributed by atoms with Crippen LogP contribution in [0.2, 0.25) is 0 Å². The second-order valence-corrected chi connectivity index (χ2v) is 16.8. The quantitative estimate of drug-likeness (QED) is 0.0463. The number of unbranched alkanes of at least 4 members (excludes halogenated alkanes) is 18. The van der Waals surface area contributed by atoms with Gasteiger partial charge in [0.2, 0.25) is 0 Å². The molecule has 0 aliphatic carbocycles. The van der Waals surface area contributed by atoms with Gasteiger partial charge in [0.1, 0.15) is 0 Å². The molecular weight excluding hydrogens is 720 g/mol. The topological polar surface area (TPSA) is 57.2 Å². The zero-order chi connectivity index (χ0) is 34.1. The van der Waals surface area contributed by atoms with E-state index >= 15 is 0 Å². The first-order valence-corrected chi connectivity index (χ1v) is 21.4. The van der Waals surface area contributed by atoms with Gasteiger partial charge in [-0.15, -0.1) is 0 Å². The molecule has 0 amide bonds. The van der Waals surface area contributed by atoms with Gasteiger partial charge in [-0.25, -0.2) is 8.42 Å². The van der Waals surface area contributed by atoms with E-state index < -0.39 is 15.6 Å². The zero-order valence-corrected chi connectivity index (χ0v) is 31.7. The van der Waals surface area contributed by atoms with Crippen LogP contribution in [-0.2, 0) is 23.0 Å². The molecule has 264 valence electrons. The van der Waals surface area contributed by atoms with Gasteiger partial charge in [0.05, 0.1) is 0 Å². The zero-order valence-electron chi connectivity index (χ0n) is 28.7. The fourth-order valence-electron chi connectivity index (χ4n) is 5.51. The van der Waals surface area contributed by atoms with E-state index in [-0.39, 0.29) is 21.2 Å². The average molecular weight is 781 g/mol. The molecule has 2 rings (SSSR count). The third kappa shape index (κ3) is 21.0. The Kier molecular flexibility index (Phi) is 24.1. The maximum atomic E-state index is 10.7. The van der Waals surface area contributed by atoms with Crippen LogP contribution in [0.5, 0.6) is 0 Å². The maximum absolute atomic E-state index is 10.7. The highest BCUT2D eigenvalue weighted by molar-refractivity contribution is 7.86. The number of aryl methyl sites for hydroxylation is 2. The smallest absolute Gasteiger partial charge is 0.485 e. The van der Waals surface area contributed by atoms with Crippen LogP contribution in [0.3, 0.4) is 0 Å². The van der Waals surface area contributed by atoms with Gasteiger partial charge in [0.25, 0.3) is 0 Å². The molecular formula is C38H60F3IO3S. The summed E-state index contributed by atoms with van der Waals surface area (Å²) in [5.74, 6) is 0. The van der Waals surface area contributed by atoms with Crippen LogP contribution >= 0.6 is 0 Å². The summed E-state index contributed by atoms with van der Waals surface area (Å²) in [7, 11) is -6.09. The molecule has 0 fully saturated rings. The summed E-state index contributed by atoms with van der Waals surface area (Å²) >= 11 is -0.0976. The van der Waals surface area contributed by atoms with Crippen LogP contribution < -0.4 is 21.2 Å². The molecule has 0 aromatic heterocycles. The van der Waals surface area contributed by atoms with Gasteiger partial charge in [-0.05, 0) is 56.4 Å². The number of alkyl halides is 3. The lowest BCUT2D eigenvalue weighted by molar-refractivity contribution is -0.598. The van der Waals surface area contributed by atoms with Gasteiger partial charge < -0.3 is 4.55 Å². The van der Waals surface area contributed by atoms with Gasteiger partial charge in [0.15, 0.2) is 17.3 Å². The summed E-state index contributed by atoms with van der Waals surface area (Å²) in [6, 6.07) is 16.6. The third-order valence-corrected chi connectivity index (χ3v) is 11.8. The van der Waals surface area contributed by atoms with Gasteiger partial charge in [-0.3, -0.25) is 0 Å². The third-order valence-electron chi connectivity index (χ3n) is 8.30. The fraction of sp³-hybridized carbons (Fsp3) is 0.684. The van der Waals surface area contributed by atoms with Crippen molar-refractivity contribution in [3.05, 3.63) is 66.3 Å². The number of hydrogen-bond donors (Lipinski definition) is 0. The maximum Gasteiger partial charge on any atom is 0.485 e. The van der Waals surface area contributed by atoms with E-state index in [9.17, 15) is 13.2 Å². The Balaban J connectivity index is 0.00000116. The molecule has 0 atom stereocenters. The van der Waals surface area contributed by atoms with E-state index in [1.54, 1.807) is 18.3 Å². The van der Waals surface area contributed by atoms with Crippen LogP contribution in [0.4, 0.5) is 13.2 Å². The summed E-state index contributed by atoms with van der Waals surface area (Å²) in [5.41, 5.74) is -0.869. The molecule has 3 nitrogen and oxygen atoms in total. The van der Waals surface area contributed by atoms with Crippen LogP contribution in [-0.4, -0.2) is 18.5 Å². The molecule has 2 aromatic carbocycles. The van der Waals surface area contributed by atoms with E-state index in [2.05, 4.69) is 63.2 Å². The Morgan fingerprint density at radius 1 is 0.609 bits per heavy atom. The van der Waals surface area contributed by atoms with Crippen LogP contribution in [0.15, 0.2) is 42.5 Å². The summed E-state index contributed by atoms with van der Waals surface area (Å²) in [5, 5.41) is 0. The Morgan fingerprint density at radius 2 is 1.00 bits per heavy atom. The minimum Gasteiger partial charge on any atom is -0.741 e. The van der Waals surface area contributed by atoms with Crippen LogP contribution in [0.1, 0.15) is 159 Å². The molecule has 0 radical (unpaired) electrons. The Hall–Kier alpha value is -1.13. The molecule has 0 bridgehead atoms. The highest BCUT2D eigenvalue weighted by atomic mass is 127. The van der Waals surface area contributed by atoms with Crippen molar-refractivity contribution < 1.29 is 47.3 Å². The second-order valence-electron chi connectivity index (χ2n) is 12.5. The molecule has 0 saturated heterocycles. The van der Waals surface area contributed by atoms with E-state index in [1.807, 2.05) is 0 Å². The standard InChI is InChI=1S/C37H60I.CHF3O3S/c1-4-6-8-10-12-14-16-18-20-22-25-34-26-24-28-37(38-35-31-29-33(3)30-32-35)36(34)27-23-21-19-17-15-13-11-9-7-5-2;2-1(3,4)8(5,6)7/h24,26,28-32H,4-23,25,27H2,1-3H3;(H,5,6,7)/q+1;/p-1. The first-order chi connectivity index (χ1) is 22.0. The number of rotatable bonds is 24. The van der Waals surface area contributed by atoms with Crippen LogP contribution in [0.25, 0.3) is 0 Å². The minimum atomic E-state index is -6.09.